The molecule has 0 aliphatic carbocycles. The molecule has 0 atom stereocenters. The van der Waals surface area contributed by atoms with Gasteiger partial charge in [0.25, 0.3) is 0 Å². The lowest BCUT2D eigenvalue weighted by Crippen LogP contribution is -2.43. The van der Waals surface area contributed by atoms with Crippen molar-refractivity contribution in [2.75, 3.05) is 26.7 Å². The highest BCUT2D eigenvalue weighted by molar-refractivity contribution is 5.80. The number of carbonyl (C=O) groups excluding carboxylic acids is 2. The molecule has 1 aromatic carbocycles. The van der Waals surface area contributed by atoms with Gasteiger partial charge in [0.2, 0.25) is 11.8 Å². The Bertz CT molecular complexity index is 534. The minimum absolute atomic E-state index is 0.0576. The first-order valence-corrected chi connectivity index (χ1v) is 8.82. The number of methoxy groups -OCH3 is 1. The molecule has 1 aliphatic rings. The second-order valence-electron chi connectivity index (χ2n) is 6.29. The maximum absolute atomic E-state index is 12.3. The van der Waals surface area contributed by atoms with E-state index >= 15 is 0 Å². The Morgan fingerprint density at radius 3 is 2.46 bits per heavy atom. The summed E-state index contributed by atoms with van der Waals surface area (Å²) in [6, 6.07) is 7.83. The maximum atomic E-state index is 12.3. The Morgan fingerprint density at radius 2 is 1.88 bits per heavy atom. The van der Waals surface area contributed by atoms with E-state index in [-0.39, 0.29) is 17.7 Å². The number of rotatable bonds is 7. The van der Waals surface area contributed by atoms with Crippen LogP contribution in [0.25, 0.3) is 0 Å². The highest BCUT2D eigenvalue weighted by Crippen LogP contribution is 2.19. The van der Waals surface area contributed by atoms with Gasteiger partial charge in [-0.2, -0.15) is 0 Å². The number of benzene rings is 1. The van der Waals surface area contributed by atoms with Gasteiger partial charge in [-0.25, -0.2) is 0 Å². The minimum Gasteiger partial charge on any atom is -0.497 e. The first-order valence-electron chi connectivity index (χ1n) is 8.82. The van der Waals surface area contributed by atoms with Crippen molar-refractivity contribution in [2.45, 2.75) is 39.0 Å². The van der Waals surface area contributed by atoms with Crippen molar-refractivity contribution in [3.05, 3.63) is 29.8 Å². The normalized spacial score (nSPS) is 15.2. The Hall–Kier alpha value is -2.04. The first-order chi connectivity index (χ1) is 11.6. The summed E-state index contributed by atoms with van der Waals surface area (Å²) in [5.41, 5.74) is 1.14. The van der Waals surface area contributed by atoms with Crippen LogP contribution in [0.3, 0.4) is 0 Å². The summed E-state index contributed by atoms with van der Waals surface area (Å²) in [4.78, 5) is 26.2. The van der Waals surface area contributed by atoms with Crippen molar-refractivity contribution in [3.63, 3.8) is 0 Å². The Balaban J connectivity index is 1.73. The fraction of sp³-hybridized carbons (Fsp3) is 0.579. The second kappa shape index (κ2) is 9.30. The number of hydrogen-bond donors (Lipinski definition) is 1. The van der Waals surface area contributed by atoms with Gasteiger partial charge in [0, 0.05) is 32.0 Å². The summed E-state index contributed by atoms with van der Waals surface area (Å²) in [6.07, 6.45) is 3.74. The lowest BCUT2D eigenvalue weighted by atomic mass is 9.95. The molecule has 0 saturated carbocycles. The Labute approximate surface area is 144 Å². The van der Waals surface area contributed by atoms with Crippen molar-refractivity contribution in [3.8, 4) is 5.75 Å². The van der Waals surface area contributed by atoms with Gasteiger partial charge in [0.15, 0.2) is 0 Å². The van der Waals surface area contributed by atoms with Crippen LogP contribution in [-0.4, -0.2) is 43.5 Å². The van der Waals surface area contributed by atoms with E-state index < -0.39 is 0 Å². The van der Waals surface area contributed by atoms with Gasteiger partial charge in [-0.1, -0.05) is 19.1 Å². The molecule has 2 amide bonds. The largest absolute Gasteiger partial charge is 0.497 e. The van der Waals surface area contributed by atoms with E-state index in [1.165, 1.54) is 0 Å². The molecular weight excluding hydrogens is 304 g/mol. The van der Waals surface area contributed by atoms with Crippen LogP contribution in [0.1, 0.15) is 38.2 Å². The van der Waals surface area contributed by atoms with Crippen molar-refractivity contribution < 1.29 is 14.3 Å². The quantitative estimate of drug-likeness (QED) is 0.834. The number of carbonyl (C=O) groups is 2. The highest BCUT2D eigenvalue weighted by atomic mass is 16.5. The number of nitrogens with one attached hydrogen (secondary N) is 1. The molecule has 1 saturated heterocycles. The summed E-state index contributed by atoms with van der Waals surface area (Å²) in [5.74, 6) is 1.20. The van der Waals surface area contributed by atoms with Gasteiger partial charge in [-0.05, 0) is 43.4 Å². The molecule has 132 valence electrons. The average Bonchev–Trinajstić information content (AvgIpc) is 2.64. The second-order valence-corrected chi connectivity index (χ2v) is 6.29. The summed E-state index contributed by atoms with van der Waals surface area (Å²) in [5, 5.41) is 2.95. The number of ether oxygens (including phenoxy) is 1. The van der Waals surface area contributed by atoms with Gasteiger partial charge in [-0.15, -0.1) is 0 Å². The highest BCUT2D eigenvalue weighted by Gasteiger charge is 2.26. The van der Waals surface area contributed by atoms with Crippen LogP contribution in [0.15, 0.2) is 24.3 Å². The fourth-order valence-corrected chi connectivity index (χ4v) is 2.99. The molecule has 2 rings (SSSR count). The average molecular weight is 332 g/mol. The van der Waals surface area contributed by atoms with Crippen molar-refractivity contribution >= 4 is 11.8 Å². The molecule has 0 bridgehead atoms. The van der Waals surface area contributed by atoms with Crippen molar-refractivity contribution in [1.29, 1.82) is 0 Å². The van der Waals surface area contributed by atoms with Crippen LogP contribution in [0.5, 0.6) is 5.75 Å². The minimum atomic E-state index is 0.0576. The maximum Gasteiger partial charge on any atom is 0.223 e. The topological polar surface area (TPSA) is 58.6 Å². The predicted molar refractivity (Wildman–Crippen MR) is 93.9 cm³/mol. The molecule has 5 nitrogen and oxygen atoms in total. The summed E-state index contributed by atoms with van der Waals surface area (Å²) >= 11 is 0. The first kappa shape index (κ1) is 18.3. The number of hydrogen-bond acceptors (Lipinski definition) is 3. The lowest BCUT2D eigenvalue weighted by molar-refractivity contribution is -0.135. The lowest BCUT2D eigenvalue weighted by Gasteiger charge is -2.31. The SMILES string of the molecule is CCCNC(=O)C1CCN(C(=O)CCc2ccc(OC)cc2)CC1. The molecule has 24 heavy (non-hydrogen) atoms. The van der Waals surface area contributed by atoms with E-state index in [4.69, 9.17) is 4.74 Å². The zero-order chi connectivity index (χ0) is 17.4. The smallest absolute Gasteiger partial charge is 0.223 e. The van der Waals surface area contributed by atoms with E-state index in [0.29, 0.717) is 19.5 Å². The fourth-order valence-electron chi connectivity index (χ4n) is 2.99. The zero-order valence-corrected chi connectivity index (χ0v) is 14.7. The van der Waals surface area contributed by atoms with Crippen molar-refractivity contribution in [1.82, 2.24) is 10.2 Å². The third-order valence-electron chi connectivity index (χ3n) is 4.55. The van der Waals surface area contributed by atoms with Crippen LogP contribution in [0.4, 0.5) is 0 Å². The molecule has 5 heteroatoms. The number of likely N-dealkylation sites (tertiary alicyclic amines) is 1. The standard InChI is InChI=1S/C19H28N2O3/c1-3-12-20-19(23)16-10-13-21(14-11-16)18(22)9-6-15-4-7-17(24-2)8-5-15/h4-5,7-8,16H,3,6,9-14H2,1-2H3,(H,20,23). The van der Waals surface area contributed by atoms with E-state index in [1.54, 1.807) is 7.11 Å². The van der Waals surface area contributed by atoms with E-state index in [0.717, 1.165) is 43.5 Å². The monoisotopic (exact) mass is 332 g/mol. The van der Waals surface area contributed by atoms with Crippen LogP contribution in [-0.2, 0) is 16.0 Å². The van der Waals surface area contributed by atoms with Gasteiger partial charge in [-0.3, -0.25) is 9.59 Å². The van der Waals surface area contributed by atoms with Crippen LogP contribution < -0.4 is 10.1 Å². The zero-order valence-electron chi connectivity index (χ0n) is 14.7. The third kappa shape index (κ3) is 5.25. The summed E-state index contributed by atoms with van der Waals surface area (Å²) in [6.45, 7) is 4.15. The summed E-state index contributed by atoms with van der Waals surface area (Å²) in [7, 11) is 1.64. The number of aryl methyl sites for hydroxylation is 1. The van der Waals surface area contributed by atoms with Crippen molar-refractivity contribution in [2.24, 2.45) is 5.92 Å². The molecular formula is C19H28N2O3. The molecule has 0 spiro atoms. The molecule has 1 heterocycles. The van der Waals surface area contributed by atoms with Crippen LogP contribution in [0, 0.1) is 5.92 Å². The molecule has 0 aromatic heterocycles. The van der Waals surface area contributed by atoms with Crippen LogP contribution in [0.2, 0.25) is 0 Å². The predicted octanol–water partition coefficient (Wildman–Crippen LogP) is 2.39. The third-order valence-corrected chi connectivity index (χ3v) is 4.55. The number of nitrogens with zero attached hydrogens (tertiary/aromatic N) is 1. The molecule has 0 unspecified atom stereocenters. The van der Waals surface area contributed by atoms with Gasteiger partial charge in [0.1, 0.15) is 5.75 Å². The van der Waals surface area contributed by atoms with E-state index in [1.807, 2.05) is 36.1 Å². The van der Waals surface area contributed by atoms with Gasteiger partial charge < -0.3 is 15.0 Å². The molecule has 1 N–H and O–H groups in total. The van der Waals surface area contributed by atoms with Gasteiger partial charge >= 0.3 is 0 Å². The number of piperidine rings is 1. The molecule has 1 aromatic rings. The Morgan fingerprint density at radius 1 is 1.21 bits per heavy atom. The molecule has 1 aliphatic heterocycles. The number of amides is 2. The van der Waals surface area contributed by atoms with Crippen LogP contribution >= 0.6 is 0 Å². The molecule has 1 fully saturated rings. The molecule has 0 radical (unpaired) electrons. The van der Waals surface area contributed by atoms with E-state index in [9.17, 15) is 9.59 Å². The van der Waals surface area contributed by atoms with E-state index in [2.05, 4.69) is 5.32 Å². The summed E-state index contributed by atoms with van der Waals surface area (Å²) < 4.78 is 5.14. The van der Waals surface area contributed by atoms with Gasteiger partial charge in [0.05, 0.1) is 7.11 Å². The Kier molecular flexibility index (Phi) is 7.09.